The first-order valence-electron chi connectivity index (χ1n) is 8.25. The molecule has 0 bridgehead atoms. The number of amides is 1. The molecule has 1 aliphatic heterocycles. The largest absolute Gasteiger partial charge is 0.497 e. The van der Waals surface area contributed by atoms with E-state index >= 15 is 0 Å². The third kappa shape index (κ3) is 4.19. The summed E-state index contributed by atoms with van der Waals surface area (Å²) < 4.78 is 48.9. The van der Waals surface area contributed by atoms with Crippen LogP contribution in [-0.4, -0.2) is 31.9 Å². The fourth-order valence-corrected chi connectivity index (χ4v) is 2.71. The van der Waals surface area contributed by atoms with E-state index in [1.807, 2.05) is 0 Å². The minimum atomic E-state index is -4.50. The zero-order valence-corrected chi connectivity index (χ0v) is 15.0. The first-order chi connectivity index (χ1) is 13.3. The van der Waals surface area contributed by atoms with Crippen LogP contribution >= 0.6 is 0 Å². The van der Waals surface area contributed by atoms with E-state index in [2.05, 4.69) is 10.5 Å². The van der Waals surface area contributed by atoms with Crippen molar-refractivity contribution >= 4 is 17.3 Å². The number of benzene rings is 2. The molecule has 1 atom stereocenters. The average molecular weight is 394 g/mol. The van der Waals surface area contributed by atoms with Crippen LogP contribution in [0.1, 0.15) is 17.5 Å². The Morgan fingerprint density at radius 2 is 1.96 bits per heavy atom. The number of carbonyl (C=O) groups excluding carboxylic acids is 1. The molecule has 9 heteroatoms. The lowest BCUT2D eigenvalue weighted by atomic mass is 10.0. The molecule has 0 saturated carbocycles. The third-order valence-electron chi connectivity index (χ3n) is 4.14. The van der Waals surface area contributed by atoms with E-state index in [0.717, 1.165) is 12.1 Å². The third-order valence-corrected chi connectivity index (χ3v) is 4.14. The highest BCUT2D eigenvalue weighted by molar-refractivity contribution is 6.07. The van der Waals surface area contributed by atoms with Crippen molar-refractivity contribution in [3.8, 4) is 11.5 Å². The molecule has 2 aromatic rings. The smallest absolute Gasteiger partial charge is 0.416 e. The van der Waals surface area contributed by atoms with Gasteiger partial charge in [-0.2, -0.15) is 13.2 Å². The minimum absolute atomic E-state index is 0.0239. The number of hydrogen-bond acceptors (Lipinski definition) is 5. The quantitative estimate of drug-likeness (QED) is 0.836. The Hall–Kier alpha value is -3.23. The monoisotopic (exact) mass is 394 g/mol. The van der Waals surface area contributed by atoms with Crippen molar-refractivity contribution in [2.75, 3.05) is 19.5 Å². The molecule has 1 amide bonds. The van der Waals surface area contributed by atoms with Gasteiger partial charge in [0, 0.05) is 17.7 Å². The zero-order valence-electron chi connectivity index (χ0n) is 15.0. The SMILES string of the molecule is COc1ccc(OC)c(C2=NO[C@@H](C(=O)Nc3cccc(C(F)(F)F)c3)C2)c1. The number of nitrogens with zero attached hydrogens (tertiary/aromatic N) is 1. The van der Waals surface area contributed by atoms with Gasteiger partial charge in [-0.15, -0.1) is 0 Å². The molecule has 0 aromatic heterocycles. The van der Waals surface area contributed by atoms with Crippen LogP contribution in [-0.2, 0) is 15.8 Å². The Kier molecular flexibility index (Phi) is 5.43. The van der Waals surface area contributed by atoms with Crippen molar-refractivity contribution in [2.24, 2.45) is 5.16 Å². The highest BCUT2D eigenvalue weighted by Gasteiger charge is 2.32. The fourth-order valence-electron chi connectivity index (χ4n) is 2.71. The Balaban J connectivity index is 1.71. The van der Waals surface area contributed by atoms with Crippen LogP contribution in [0.25, 0.3) is 0 Å². The van der Waals surface area contributed by atoms with Crippen LogP contribution in [0.5, 0.6) is 11.5 Å². The van der Waals surface area contributed by atoms with E-state index in [1.54, 1.807) is 18.2 Å². The number of hydrogen-bond donors (Lipinski definition) is 1. The number of methoxy groups -OCH3 is 2. The van der Waals surface area contributed by atoms with Crippen molar-refractivity contribution in [2.45, 2.75) is 18.7 Å². The van der Waals surface area contributed by atoms with Gasteiger partial charge >= 0.3 is 6.18 Å². The molecule has 0 radical (unpaired) electrons. The highest BCUT2D eigenvalue weighted by Crippen LogP contribution is 2.31. The number of alkyl halides is 3. The van der Waals surface area contributed by atoms with E-state index in [-0.39, 0.29) is 12.1 Å². The Bertz CT molecular complexity index is 912. The second-order valence-corrected chi connectivity index (χ2v) is 5.97. The van der Waals surface area contributed by atoms with Crippen LogP contribution in [0.15, 0.2) is 47.6 Å². The average Bonchev–Trinajstić information content (AvgIpc) is 3.17. The number of oxime groups is 1. The molecule has 6 nitrogen and oxygen atoms in total. The predicted molar refractivity (Wildman–Crippen MR) is 95.6 cm³/mol. The second kappa shape index (κ2) is 7.79. The molecule has 148 valence electrons. The minimum Gasteiger partial charge on any atom is -0.497 e. The standard InChI is InChI=1S/C19H17F3N2O4/c1-26-13-6-7-16(27-2)14(9-13)15-10-17(28-24-15)18(25)23-12-5-3-4-11(8-12)19(20,21)22/h3-9,17H,10H2,1-2H3,(H,23,25)/t17-/m1/s1. The van der Waals surface area contributed by atoms with Crippen LogP contribution in [0.4, 0.5) is 18.9 Å². The van der Waals surface area contributed by atoms with Crippen molar-refractivity contribution in [3.05, 3.63) is 53.6 Å². The van der Waals surface area contributed by atoms with Gasteiger partial charge in [0.2, 0.25) is 6.10 Å². The van der Waals surface area contributed by atoms with Crippen LogP contribution in [0, 0.1) is 0 Å². The molecule has 2 aromatic carbocycles. The van der Waals surface area contributed by atoms with Crippen molar-refractivity contribution in [1.29, 1.82) is 0 Å². The number of ether oxygens (including phenoxy) is 2. The lowest BCUT2D eigenvalue weighted by molar-refractivity contribution is -0.137. The van der Waals surface area contributed by atoms with Gasteiger partial charge < -0.3 is 19.6 Å². The molecule has 1 aliphatic rings. The van der Waals surface area contributed by atoms with Gasteiger partial charge in [0.1, 0.15) is 11.5 Å². The molecular weight excluding hydrogens is 377 g/mol. The number of rotatable bonds is 5. The summed E-state index contributed by atoms with van der Waals surface area (Å²) in [5.74, 6) is 0.511. The number of nitrogens with one attached hydrogen (secondary N) is 1. The van der Waals surface area contributed by atoms with Crippen LogP contribution < -0.4 is 14.8 Å². The number of carbonyl (C=O) groups is 1. The maximum Gasteiger partial charge on any atom is 0.416 e. The molecule has 28 heavy (non-hydrogen) atoms. The van der Waals surface area contributed by atoms with Crippen LogP contribution in [0.2, 0.25) is 0 Å². The van der Waals surface area contributed by atoms with Gasteiger partial charge in [0.25, 0.3) is 5.91 Å². The Morgan fingerprint density at radius 3 is 2.64 bits per heavy atom. The Morgan fingerprint density at radius 1 is 1.18 bits per heavy atom. The van der Waals surface area contributed by atoms with Gasteiger partial charge in [-0.1, -0.05) is 11.2 Å². The van der Waals surface area contributed by atoms with Gasteiger partial charge in [-0.05, 0) is 36.4 Å². The van der Waals surface area contributed by atoms with Gasteiger partial charge in [0.15, 0.2) is 0 Å². The maximum absolute atomic E-state index is 12.8. The van der Waals surface area contributed by atoms with E-state index in [4.69, 9.17) is 14.3 Å². The number of anilines is 1. The predicted octanol–water partition coefficient (Wildman–Crippen LogP) is 3.85. The van der Waals surface area contributed by atoms with E-state index < -0.39 is 23.8 Å². The van der Waals surface area contributed by atoms with E-state index in [1.165, 1.54) is 26.4 Å². The van der Waals surface area contributed by atoms with Crippen molar-refractivity contribution in [1.82, 2.24) is 0 Å². The van der Waals surface area contributed by atoms with Crippen LogP contribution in [0.3, 0.4) is 0 Å². The van der Waals surface area contributed by atoms with Gasteiger partial charge in [0.05, 0.1) is 25.5 Å². The molecule has 0 unspecified atom stereocenters. The molecule has 0 spiro atoms. The summed E-state index contributed by atoms with van der Waals surface area (Å²) in [7, 11) is 3.02. The lowest BCUT2D eigenvalue weighted by Crippen LogP contribution is -2.28. The van der Waals surface area contributed by atoms with Crippen molar-refractivity contribution < 1.29 is 32.3 Å². The zero-order chi connectivity index (χ0) is 20.3. The maximum atomic E-state index is 12.8. The second-order valence-electron chi connectivity index (χ2n) is 5.97. The van der Waals surface area contributed by atoms with Gasteiger partial charge in [-0.25, -0.2) is 0 Å². The van der Waals surface area contributed by atoms with Crippen molar-refractivity contribution in [3.63, 3.8) is 0 Å². The molecule has 3 rings (SSSR count). The summed E-state index contributed by atoms with van der Waals surface area (Å²) >= 11 is 0. The summed E-state index contributed by atoms with van der Waals surface area (Å²) in [6, 6.07) is 9.50. The topological polar surface area (TPSA) is 69.1 Å². The lowest BCUT2D eigenvalue weighted by Gasteiger charge is -2.12. The first-order valence-corrected chi connectivity index (χ1v) is 8.25. The summed E-state index contributed by atoms with van der Waals surface area (Å²) in [5.41, 5.74) is 0.252. The normalized spacial score (nSPS) is 16.2. The van der Waals surface area contributed by atoms with E-state index in [0.29, 0.717) is 22.8 Å². The fraction of sp³-hybridized carbons (Fsp3) is 0.263. The number of halogens is 3. The summed E-state index contributed by atoms with van der Waals surface area (Å²) in [5, 5.41) is 6.36. The molecule has 0 fully saturated rings. The highest BCUT2D eigenvalue weighted by atomic mass is 19.4. The first kappa shape index (κ1) is 19.5. The summed E-state index contributed by atoms with van der Waals surface area (Å²) in [6.07, 6.45) is -5.33. The molecular formula is C19H17F3N2O4. The molecule has 1 heterocycles. The summed E-state index contributed by atoms with van der Waals surface area (Å²) in [4.78, 5) is 17.6. The molecule has 0 saturated heterocycles. The summed E-state index contributed by atoms with van der Waals surface area (Å²) in [6.45, 7) is 0. The van der Waals surface area contributed by atoms with Gasteiger partial charge in [-0.3, -0.25) is 4.79 Å². The molecule has 0 aliphatic carbocycles. The van der Waals surface area contributed by atoms with E-state index in [9.17, 15) is 18.0 Å². The Labute approximate surface area is 158 Å². The molecule has 1 N–H and O–H groups in total.